The molecule has 1 aliphatic heterocycles. The molecule has 12 heavy (non-hydrogen) atoms. The summed E-state index contributed by atoms with van der Waals surface area (Å²) < 4.78 is 0. The molecule has 2 N–H and O–H groups in total. The minimum absolute atomic E-state index is 0.104. The van der Waals surface area contributed by atoms with Gasteiger partial charge >= 0.3 is 0 Å². The van der Waals surface area contributed by atoms with Crippen LogP contribution in [0.2, 0.25) is 0 Å². The number of aliphatic hydroxyl groups excluding tert-OH is 1. The molecule has 0 amide bonds. The van der Waals surface area contributed by atoms with E-state index in [1.807, 2.05) is 0 Å². The molecule has 0 spiro atoms. The van der Waals surface area contributed by atoms with E-state index in [4.69, 9.17) is 0 Å². The quantitative estimate of drug-likeness (QED) is 0.629. The zero-order valence-corrected chi connectivity index (χ0v) is 8.08. The number of nitrogens with zero attached hydrogens (tertiary/aromatic N) is 1. The smallest absolute Gasteiger partial charge is 0.0705 e. The van der Waals surface area contributed by atoms with Crippen molar-refractivity contribution in [3.63, 3.8) is 0 Å². The van der Waals surface area contributed by atoms with E-state index in [0.717, 1.165) is 25.9 Å². The molecule has 0 aromatic rings. The van der Waals surface area contributed by atoms with E-state index in [9.17, 15) is 5.11 Å². The Labute approximate surface area is 74.8 Å². The van der Waals surface area contributed by atoms with Crippen molar-refractivity contribution in [2.45, 2.75) is 31.4 Å². The van der Waals surface area contributed by atoms with Crippen molar-refractivity contribution in [1.82, 2.24) is 10.2 Å². The van der Waals surface area contributed by atoms with Crippen LogP contribution in [0, 0.1) is 0 Å². The molecule has 1 saturated heterocycles. The van der Waals surface area contributed by atoms with E-state index in [1.165, 1.54) is 6.42 Å². The molecule has 3 nitrogen and oxygen atoms in total. The molecule has 3 heteroatoms. The van der Waals surface area contributed by atoms with Gasteiger partial charge in [0.05, 0.1) is 6.10 Å². The molecular formula is C9H20N2O. The largest absolute Gasteiger partial charge is 0.391 e. The summed E-state index contributed by atoms with van der Waals surface area (Å²) in [5, 5.41) is 12.8. The Morgan fingerprint density at radius 3 is 2.75 bits per heavy atom. The highest BCUT2D eigenvalue weighted by Gasteiger charge is 2.23. The molecule has 2 atom stereocenters. The number of nitrogens with one attached hydrogen (secondary N) is 1. The van der Waals surface area contributed by atoms with Gasteiger partial charge < -0.3 is 15.3 Å². The summed E-state index contributed by atoms with van der Waals surface area (Å²) in [6.45, 7) is 2.10. The zero-order chi connectivity index (χ0) is 8.97. The van der Waals surface area contributed by atoms with Crippen molar-refractivity contribution in [3.8, 4) is 0 Å². The number of aliphatic hydroxyl groups is 1. The van der Waals surface area contributed by atoms with E-state index < -0.39 is 0 Å². The van der Waals surface area contributed by atoms with Gasteiger partial charge in [0, 0.05) is 6.04 Å². The second-order valence-electron chi connectivity index (χ2n) is 3.86. The Kier molecular flexibility index (Phi) is 3.98. The van der Waals surface area contributed by atoms with Gasteiger partial charge in [0.25, 0.3) is 0 Å². The zero-order valence-electron chi connectivity index (χ0n) is 8.08. The summed E-state index contributed by atoms with van der Waals surface area (Å²) in [5.74, 6) is 0. The first kappa shape index (κ1) is 9.96. The maximum Gasteiger partial charge on any atom is 0.0705 e. The highest BCUT2D eigenvalue weighted by atomic mass is 16.3. The maximum absolute atomic E-state index is 9.48. The van der Waals surface area contributed by atoms with Crippen molar-refractivity contribution in [3.05, 3.63) is 0 Å². The van der Waals surface area contributed by atoms with Gasteiger partial charge in [-0.3, -0.25) is 0 Å². The van der Waals surface area contributed by atoms with Crippen molar-refractivity contribution in [2.75, 3.05) is 27.2 Å². The summed E-state index contributed by atoms with van der Waals surface area (Å²) in [7, 11) is 4.16. The molecule has 0 aromatic heterocycles. The molecule has 0 saturated carbocycles. The number of hydrogen-bond donors (Lipinski definition) is 2. The van der Waals surface area contributed by atoms with E-state index in [-0.39, 0.29) is 6.10 Å². The van der Waals surface area contributed by atoms with Gasteiger partial charge in [0.1, 0.15) is 0 Å². The van der Waals surface area contributed by atoms with Crippen LogP contribution in [0.3, 0.4) is 0 Å². The standard InChI is InChI=1S/C9H20N2O/c1-11(2)7-3-4-8-9(12)5-6-10-8/h8-10,12H,3-7H2,1-2H3. The van der Waals surface area contributed by atoms with Crippen LogP contribution in [-0.4, -0.2) is 49.3 Å². The Bertz CT molecular complexity index is 128. The molecule has 1 heterocycles. The van der Waals surface area contributed by atoms with Crippen molar-refractivity contribution in [1.29, 1.82) is 0 Å². The van der Waals surface area contributed by atoms with Crippen LogP contribution >= 0.6 is 0 Å². The summed E-state index contributed by atoms with van der Waals surface area (Å²) in [5.41, 5.74) is 0. The molecule has 0 bridgehead atoms. The maximum atomic E-state index is 9.48. The monoisotopic (exact) mass is 172 g/mol. The first-order valence-electron chi connectivity index (χ1n) is 4.76. The number of rotatable bonds is 4. The Morgan fingerprint density at radius 1 is 1.50 bits per heavy atom. The van der Waals surface area contributed by atoms with Crippen LogP contribution in [0.1, 0.15) is 19.3 Å². The lowest BCUT2D eigenvalue weighted by atomic mass is 10.1. The third-order valence-electron chi connectivity index (χ3n) is 2.43. The predicted octanol–water partition coefficient (Wildman–Crippen LogP) is 0.0510. The van der Waals surface area contributed by atoms with Crippen LogP contribution in [0.25, 0.3) is 0 Å². The fraction of sp³-hybridized carbons (Fsp3) is 1.00. The van der Waals surface area contributed by atoms with Crippen molar-refractivity contribution >= 4 is 0 Å². The van der Waals surface area contributed by atoms with Crippen LogP contribution in [0.5, 0.6) is 0 Å². The molecule has 72 valence electrons. The van der Waals surface area contributed by atoms with E-state index >= 15 is 0 Å². The van der Waals surface area contributed by atoms with Crippen LogP contribution in [-0.2, 0) is 0 Å². The lowest BCUT2D eigenvalue weighted by Gasteiger charge is -2.16. The van der Waals surface area contributed by atoms with Gasteiger partial charge in [-0.2, -0.15) is 0 Å². The first-order chi connectivity index (χ1) is 5.70. The van der Waals surface area contributed by atoms with Gasteiger partial charge in [-0.05, 0) is 46.4 Å². The van der Waals surface area contributed by atoms with Gasteiger partial charge in [0.15, 0.2) is 0 Å². The second kappa shape index (κ2) is 4.80. The fourth-order valence-corrected chi connectivity index (χ4v) is 1.68. The summed E-state index contributed by atoms with van der Waals surface area (Å²) in [6, 6.07) is 0.352. The van der Waals surface area contributed by atoms with Crippen LogP contribution in [0.4, 0.5) is 0 Å². The fourth-order valence-electron chi connectivity index (χ4n) is 1.68. The third kappa shape index (κ3) is 3.09. The number of hydrogen-bond acceptors (Lipinski definition) is 3. The molecule has 2 unspecified atom stereocenters. The van der Waals surface area contributed by atoms with Gasteiger partial charge in [-0.25, -0.2) is 0 Å². The average molecular weight is 172 g/mol. The molecule has 0 aromatic carbocycles. The Morgan fingerprint density at radius 2 is 2.25 bits per heavy atom. The van der Waals surface area contributed by atoms with Crippen molar-refractivity contribution in [2.24, 2.45) is 0 Å². The van der Waals surface area contributed by atoms with E-state index in [1.54, 1.807) is 0 Å². The minimum Gasteiger partial charge on any atom is -0.391 e. The molecule has 1 fully saturated rings. The normalized spacial score (nSPS) is 30.0. The van der Waals surface area contributed by atoms with Gasteiger partial charge in [0.2, 0.25) is 0 Å². The molecule has 0 aliphatic carbocycles. The second-order valence-corrected chi connectivity index (χ2v) is 3.86. The van der Waals surface area contributed by atoms with E-state index in [0.29, 0.717) is 6.04 Å². The Hall–Kier alpha value is -0.120. The highest BCUT2D eigenvalue weighted by Crippen LogP contribution is 2.11. The minimum atomic E-state index is -0.104. The topological polar surface area (TPSA) is 35.5 Å². The SMILES string of the molecule is CN(C)CCCC1NCCC1O. The first-order valence-corrected chi connectivity index (χ1v) is 4.76. The average Bonchev–Trinajstić information content (AvgIpc) is 2.36. The van der Waals surface area contributed by atoms with Gasteiger partial charge in [-0.15, -0.1) is 0 Å². The molecule has 0 radical (unpaired) electrons. The summed E-state index contributed by atoms with van der Waals surface area (Å²) in [4.78, 5) is 2.18. The lowest BCUT2D eigenvalue weighted by Crippen LogP contribution is -2.30. The van der Waals surface area contributed by atoms with E-state index in [2.05, 4.69) is 24.3 Å². The lowest BCUT2D eigenvalue weighted by molar-refractivity contribution is 0.152. The van der Waals surface area contributed by atoms with Crippen LogP contribution in [0.15, 0.2) is 0 Å². The molecule has 1 aliphatic rings. The molecule has 1 rings (SSSR count). The summed E-state index contributed by atoms with van der Waals surface area (Å²) in [6.07, 6.45) is 3.08. The third-order valence-corrected chi connectivity index (χ3v) is 2.43. The van der Waals surface area contributed by atoms with Gasteiger partial charge in [-0.1, -0.05) is 0 Å². The predicted molar refractivity (Wildman–Crippen MR) is 50.2 cm³/mol. The summed E-state index contributed by atoms with van der Waals surface area (Å²) >= 11 is 0. The molecular weight excluding hydrogens is 152 g/mol. The van der Waals surface area contributed by atoms with Crippen molar-refractivity contribution < 1.29 is 5.11 Å². The Balaban J connectivity index is 2.06. The highest BCUT2D eigenvalue weighted by molar-refractivity contribution is 4.82. The van der Waals surface area contributed by atoms with Crippen LogP contribution < -0.4 is 5.32 Å².